The minimum absolute atomic E-state index is 0.134. The zero-order chi connectivity index (χ0) is 17.0. The molecule has 1 aliphatic heterocycles. The Labute approximate surface area is 143 Å². The highest BCUT2D eigenvalue weighted by Crippen LogP contribution is 2.37. The summed E-state index contributed by atoms with van der Waals surface area (Å²) < 4.78 is 0. The smallest absolute Gasteiger partial charge is 0.240 e. The molecule has 2 aliphatic rings. The van der Waals surface area contributed by atoms with E-state index in [1.54, 1.807) is 0 Å². The van der Waals surface area contributed by atoms with E-state index in [1.165, 1.54) is 0 Å². The number of nitrogens with zero attached hydrogens (tertiary/aromatic N) is 4. The average molecular weight is 327 g/mol. The molecule has 6 heteroatoms. The summed E-state index contributed by atoms with van der Waals surface area (Å²) in [4.78, 5) is 21.5. The molecule has 24 heavy (non-hydrogen) atoms. The monoisotopic (exact) mass is 327 g/mol. The van der Waals surface area contributed by atoms with Gasteiger partial charge in [-0.2, -0.15) is 5.26 Å². The number of nitriles is 1. The van der Waals surface area contributed by atoms with Crippen molar-refractivity contribution in [1.82, 2.24) is 15.2 Å². The molecule has 2 fully saturated rings. The van der Waals surface area contributed by atoms with Crippen LogP contribution in [0.3, 0.4) is 0 Å². The molecule has 1 aromatic heterocycles. The van der Waals surface area contributed by atoms with Gasteiger partial charge in [0.25, 0.3) is 0 Å². The molecule has 0 unspecified atom stereocenters. The summed E-state index contributed by atoms with van der Waals surface area (Å²) in [5, 5.41) is 12.3. The summed E-state index contributed by atoms with van der Waals surface area (Å²) in [5.41, 5.74) is 0.153. The minimum Gasteiger partial charge on any atom is -0.354 e. The summed E-state index contributed by atoms with van der Waals surface area (Å²) in [6, 6.07) is 6.26. The van der Waals surface area contributed by atoms with E-state index in [0.717, 1.165) is 50.4 Å². The van der Waals surface area contributed by atoms with Gasteiger partial charge >= 0.3 is 0 Å². The van der Waals surface area contributed by atoms with Crippen molar-refractivity contribution in [2.45, 2.75) is 32.2 Å². The summed E-state index contributed by atoms with van der Waals surface area (Å²) >= 11 is 0. The Morgan fingerprint density at radius 2 is 2.00 bits per heavy atom. The molecule has 128 valence electrons. The number of amides is 1. The van der Waals surface area contributed by atoms with Crippen molar-refractivity contribution >= 4 is 11.7 Å². The van der Waals surface area contributed by atoms with Crippen molar-refractivity contribution in [3.8, 4) is 6.07 Å². The van der Waals surface area contributed by atoms with E-state index in [0.29, 0.717) is 19.4 Å². The summed E-state index contributed by atoms with van der Waals surface area (Å²) in [6.45, 7) is 4.51. The van der Waals surface area contributed by atoms with Crippen LogP contribution >= 0.6 is 0 Å². The molecule has 3 rings (SSSR count). The number of aromatic nitrogens is 1. The van der Waals surface area contributed by atoms with Crippen LogP contribution in [-0.2, 0) is 11.3 Å². The lowest BCUT2D eigenvalue weighted by molar-refractivity contribution is -0.128. The second kappa shape index (κ2) is 7.18. The first kappa shape index (κ1) is 16.7. The predicted octanol–water partition coefficient (Wildman–Crippen LogP) is 1.53. The van der Waals surface area contributed by atoms with E-state index in [4.69, 9.17) is 0 Å². The lowest BCUT2D eigenvalue weighted by atomic mass is 9.87. The molecule has 1 saturated heterocycles. The zero-order valence-electron chi connectivity index (χ0n) is 14.3. The van der Waals surface area contributed by atoms with Gasteiger partial charge < -0.3 is 15.1 Å². The first-order valence-electron chi connectivity index (χ1n) is 8.71. The molecule has 1 N–H and O–H groups in total. The Morgan fingerprint density at radius 3 is 2.58 bits per heavy atom. The van der Waals surface area contributed by atoms with E-state index in [-0.39, 0.29) is 5.91 Å². The first-order chi connectivity index (χ1) is 11.6. The molecule has 1 amide bonds. The number of pyridine rings is 1. The van der Waals surface area contributed by atoms with Gasteiger partial charge in [-0.1, -0.05) is 18.9 Å². The topological polar surface area (TPSA) is 72.3 Å². The van der Waals surface area contributed by atoms with E-state index < -0.39 is 5.41 Å². The van der Waals surface area contributed by atoms with Crippen molar-refractivity contribution in [1.29, 1.82) is 5.26 Å². The van der Waals surface area contributed by atoms with Crippen molar-refractivity contribution in [2.75, 3.05) is 38.1 Å². The Balaban J connectivity index is 1.55. The van der Waals surface area contributed by atoms with Crippen LogP contribution in [0.25, 0.3) is 0 Å². The fourth-order valence-corrected chi connectivity index (χ4v) is 3.46. The lowest BCUT2D eigenvalue weighted by Gasteiger charge is -2.33. The molecule has 0 radical (unpaired) electrons. The van der Waals surface area contributed by atoms with Gasteiger partial charge in [0.2, 0.25) is 5.91 Å². The van der Waals surface area contributed by atoms with Gasteiger partial charge in [0.05, 0.1) is 6.07 Å². The first-order valence-corrected chi connectivity index (χ1v) is 8.71. The molecule has 0 aromatic carbocycles. The number of hydrogen-bond donors (Lipinski definition) is 1. The molecule has 6 nitrogen and oxygen atoms in total. The van der Waals surface area contributed by atoms with Crippen LogP contribution in [0.5, 0.6) is 0 Å². The van der Waals surface area contributed by atoms with Crippen LogP contribution in [0, 0.1) is 16.7 Å². The minimum atomic E-state index is -0.812. The SMILES string of the molecule is CN1CCN(c2ccc(CNC(=O)C3(C#N)CCCC3)cn2)CC1. The quantitative estimate of drug-likeness (QED) is 0.908. The van der Waals surface area contributed by atoms with E-state index in [9.17, 15) is 10.1 Å². The fraction of sp³-hybridized carbons (Fsp3) is 0.611. The van der Waals surface area contributed by atoms with Gasteiger partial charge in [-0.05, 0) is 31.5 Å². The van der Waals surface area contributed by atoms with Crippen LogP contribution in [0.15, 0.2) is 18.3 Å². The average Bonchev–Trinajstić information content (AvgIpc) is 3.11. The Morgan fingerprint density at radius 1 is 1.29 bits per heavy atom. The van der Waals surface area contributed by atoms with Crippen molar-refractivity contribution in [2.24, 2.45) is 5.41 Å². The number of likely N-dealkylation sites (N-methyl/N-ethyl adjacent to an activating group) is 1. The standard InChI is InChI=1S/C18H25N5O/c1-22-8-10-23(11-9-22)16-5-4-15(12-20-16)13-21-17(24)18(14-19)6-2-3-7-18/h4-5,12H,2-3,6-11,13H2,1H3,(H,21,24). The molecule has 1 saturated carbocycles. The molecule has 1 aromatic rings. The number of nitrogens with one attached hydrogen (secondary N) is 1. The number of carbonyl (C=O) groups is 1. The summed E-state index contributed by atoms with van der Waals surface area (Å²) in [6.07, 6.45) is 5.10. The fourth-order valence-electron chi connectivity index (χ4n) is 3.46. The summed E-state index contributed by atoms with van der Waals surface area (Å²) in [7, 11) is 2.13. The molecule has 0 bridgehead atoms. The van der Waals surface area contributed by atoms with E-state index in [2.05, 4.69) is 33.2 Å². The lowest BCUT2D eigenvalue weighted by Crippen LogP contribution is -2.44. The number of rotatable bonds is 4. The maximum atomic E-state index is 12.3. The second-order valence-electron chi connectivity index (χ2n) is 6.90. The maximum Gasteiger partial charge on any atom is 0.240 e. The molecule has 2 heterocycles. The third-order valence-electron chi connectivity index (χ3n) is 5.20. The predicted molar refractivity (Wildman–Crippen MR) is 92.3 cm³/mol. The summed E-state index contributed by atoms with van der Waals surface area (Å²) in [5.74, 6) is 0.855. The zero-order valence-corrected chi connectivity index (χ0v) is 14.3. The Kier molecular flexibility index (Phi) is 5.00. The van der Waals surface area contributed by atoms with Gasteiger partial charge in [-0.25, -0.2) is 4.98 Å². The van der Waals surface area contributed by atoms with Crippen molar-refractivity contribution < 1.29 is 4.79 Å². The molecule has 1 aliphatic carbocycles. The van der Waals surface area contributed by atoms with Crippen LogP contribution < -0.4 is 10.2 Å². The van der Waals surface area contributed by atoms with Gasteiger partial charge in [0.15, 0.2) is 0 Å². The maximum absolute atomic E-state index is 12.3. The van der Waals surface area contributed by atoms with Crippen molar-refractivity contribution in [3.63, 3.8) is 0 Å². The number of anilines is 1. The largest absolute Gasteiger partial charge is 0.354 e. The highest BCUT2D eigenvalue weighted by atomic mass is 16.2. The number of piperazine rings is 1. The van der Waals surface area contributed by atoms with Gasteiger partial charge in [0, 0.05) is 38.9 Å². The van der Waals surface area contributed by atoms with Crippen LogP contribution in [0.4, 0.5) is 5.82 Å². The van der Waals surface area contributed by atoms with Gasteiger partial charge in [-0.15, -0.1) is 0 Å². The normalized spacial score (nSPS) is 20.6. The number of carbonyl (C=O) groups excluding carboxylic acids is 1. The van der Waals surface area contributed by atoms with E-state index in [1.807, 2.05) is 18.3 Å². The third kappa shape index (κ3) is 3.51. The van der Waals surface area contributed by atoms with E-state index >= 15 is 0 Å². The van der Waals surface area contributed by atoms with Crippen LogP contribution in [0.1, 0.15) is 31.2 Å². The highest BCUT2D eigenvalue weighted by molar-refractivity contribution is 5.85. The number of hydrogen-bond acceptors (Lipinski definition) is 5. The van der Waals surface area contributed by atoms with Gasteiger partial charge in [0.1, 0.15) is 11.2 Å². The highest BCUT2D eigenvalue weighted by Gasteiger charge is 2.41. The second-order valence-corrected chi connectivity index (χ2v) is 6.90. The Hall–Kier alpha value is -2.13. The molecule has 0 atom stereocenters. The molecular weight excluding hydrogens is 302 g/mol. The molecular formula is C18H25N5O. The van der Waals surface area contributed by atoms with Crippen LogP contribution in [0.2, 0.25) is 0 Å². The van der Waals surface area contributed by atoms with Crippen molar-refractivity contribution in [3.05, 3.63) is 23.9 Å². The molecule has 0 spiro atoms. The third-order valence-corrected chi connectivity index (χ3v) is 5.20. The van der Waals surface area contributed by atoms with Crippen LogP contribution in [-0.4, -0.2) is 49.0 Å². The Bertz CT molecular complexity index is 607. The van der Waals surface area contributed by atoms with Gasteiger partial charge in [-0.3, -0.25) is 4.79 Å².